The van der Waals surface area contributed by atoms with E-state index in [4.69, 9.17) is 10.5 Å². The lowest BCUT2D eigenvalue weighted by Gasteiger charge is -2.08. The van der Waals surface area contributed by atoms with Crippen molar-refractivity contribution in [2.75, 3.05) is 12.3 Å². The van der Waals surface area contributed by atoms with Crippen molar-refractivity contribution in [3.63, 3.8) is 0 Å². The van der Waals surface area contributed by atoms with Crippen molar-refractivity contribution in [3.05, 3.63) is 27.0 Å². The van der Waals surface area contributed by atoms with Gasteiger partial charge in [0.2, 0.25) is 0 Å². The molecule has 1 aromatic rings. The number of hydrogen-bond acceptors (Lipinski definition) is 5. The van der Waals surface area contributed by atoms with E-state index in [1.165, 1.54) is 10.8 Å². The van der Waals surface area contributed by atoms with Gasteiger partial charge >= 0.3 is 11.7 Å². The van der Waals surface area contributed by atoms with E-state index in [1.54, 1.807) is 14.0 Å². The lowest BCUT2D eigenvalue weighted by atomic mass is 10.2. The molecule has 0 aliphatic heterocycles. The minimum Gasteiger partial charge on any atom is -0.466 e. The van der Waals surface area contributed by atoms with Gasteiger partial charge in [-0.3, -0.25) is 14.2 Å². The molecule has 0 amide bonds. The van der Waals surface area contributed by atoms with E-state index in [0.29, 0.717) is 32.4 Å². The average molecular weight is 283 g/mol. The van der Waals surface area contributed by atoms with Crippen LogP contribution in [-0.2, 0) is 23.1 Å². The number of rotatable bonds is 7. The summed E-state index contributed by atoms with van der Waals surface area (Å²) in [5.41, 5.74) is 4.75. The standard InChI is InChI=1S/C13H21N3O4/c1-3-20-11(17)7-5-4-6-8-16-12(18)10(14)9-15(2)13(16)19/h9H,3-8,14H2,1-2H3. The van der Waals surface area contributed by atoms with Gasteiger partial charge in [0, 0.05) is 26.2 Å². The zero-order chi connectivity index (χ0) is 15.1. The Bertz CT molecular complexity index is 540. The van der Waals surface area contributed by atoms with Gasteiger partial charge in [0.15, 0.2) is 0 Å². The van der Waals surface area contributed by atoms with Crippen molar-refractivity contribution < 1.29 is 9.53 Å². The van der Waals surface area contributed by atoms with Crippen molar-refractivity contribution in [3.8, 4) is 0 Å². The van der Waals surface area contributed by atoms with E-state index in [9.17, 15) is 14.4 Å². The molecule has 0 aliphatic rings. The predicted molar refractivity (Wildman–Crippen MR) is 75.5 cm³/mol. The normalized spacial score (nSPS) is 10.5. The fraction of sp³-hybridized carbons (Fsp3) is 0.615. The molecule has 1 rings (SSSR count). The molecule has 20 heavy (non-hydrogen) atoms. The first-order chi connectivity index (χ1) is 9.47. The number of hydrogen-bond donors (Lipinski definition) is 1. The Balaban J connectivity index is 2.49. The summed E-state index contributed by atoms with van der Waals surface area (Å²) in [6.45, 7) is 2.45. The lowest BCUT2D eigenvalue weighted by molar-refractivity contribution is -0.143. The summed E-state index contributed by atoms with van der Waals surface area (Å²) in [5, 5.41) is 0. The zero-order valence-electron chi connectivity index (χ0n) is 11.9. The Morgan fingerprint density at radius 2 is 2.00 bits per heavy atom. The first-order valence-corrected chi connectivity index (χ1v) is 6.69. The number of unbranched alkanes of at least 4 members (excludes halogenated alkanes) is 2. The quantitative estimate of drug-likeness (QED) is 0.571. The molecular formula is C13H21N3O4. The van der Waals surface area contributed by atoms with Crippen LogP contribution in [0.25, 0.3) is 0 Å². The van der Waals surface area contributed by atoms with Crippen LogP contribution in [0.15, 0.2) is 15.8 Å². The van der Waals surface area contributed by atoms with Crippen LogP contribution in [-0.4, -0.2) is 21.7 Å². The van der Waals surface area contributed by atoms with Crippen LogP contribution in [0.1, 0.15) is 32.6 Å². The molecule has 0 bridgehead atoms. The smallest absolute Gasteiger partial charge is 0.330 e. The van der Waals surface area contributed by atoms with Crippen molar-refractivity contribution in [2.24, 2.45) is 7.05 Å². The number of carbonyl (C=O) groups is 1. The molecule has 0 fully saturated rings. The van der Waals surface area contributed by atoms with Crippen LogP contribution in [0.3, 0.4) is 0 Å². The van der Waals surface area contributed by atoms with Gasteiger partial charge in [-0.1, -0.05) is 6.42 Å². The molecule has 0 radical (unpaired) electrons. The molecule has 0 aromatic carbocycles. The molecule has 0 spiro atoms. The summed E-state index contributed by atoms with van der Waals surface area (Å²) in [4.78, 5) is 34.7. The first kappa shape index (κ1) is 16.0. The van der Waals surface area contributed by atoms with Gasteiger partial charge in [0.1, 0.15) is 5.69 Å². The number of nitrogen functional groups attached to an aromatic ring is 1. The van der Waals surface area contributed by atoms with E-state index in [0.717, 1.165) is 11.0 Å². The highest BCUT2D eigenvalue weighted by Crippen LogP contribution is 2.02. The van der Waals surface area contributed by atoms with Gasteiger partial charge in [-0.15, -0.1) is 0 Å². The number of ether oxygens (including phenoxy) is 1. The Hall–Kier alpha value is -2.05. The highest BCUT2D eigenvalue weighted by atomic mass is 16.5. The molecule has 0 saturated carbocycles. The highest BCUT2D eigenvalue weighted by Gasteiger charge is 2.07. The number of nitrogens with zero attached hydrogens (tertiary/aromatic N) is 2. The van der Waals surface area contributed by atoms with Crippen LogP contribution in [0, 0.1) is 0 Å². The van der Waals surface area contributed by atoms with E-state index >= 15 is 0 Å². The molecule has 1 heterocycles. The largest absolute Gasteiger partial charge is 0.466 e. The van der Waals surface area contributed by atoms with Crippen LogP contribution in [0.2, 0.25) is 0 Å². The molecule has 7 nitrogen and oxygen atoms in total. The van der Waals surface area contributed by atoms with Gasteiger partial charge in [-0.05, 0) is 19.8 Å². The van der Waals surface area contributed by atoms with Crippen LogP contribution in [0.4, 0.5) is 5.69 Å². The Kier molecular flexibility index (Phi) is 6.02. The molecule has 0 aliphatic carbocycles. The first-order valence-electron chi connectivity index (χ1n) is 6.69. The van der Waals surface area contributed by atoms with E-state index < -0.39 is 5.56 Å². The summed E-state index contributed by atoms with van der Waals surface area (Å²) in [6, 6.07) is 0. The third kappa shape index (κ3) is 4.25. The van der Waals surface area contributed by atoms with Crippen LogP contribution >= 0.6 is 0 Å². The van der Waals surface area contributed by atoms with Crippen molar-refractivity contribution in [1.82, 2.24) is 9.13 Å². The molecule has 0 atom stereocenters. The number of esters is 1. The van der Waals surface area contributed by atoms with E-state index in [-0.39, 0.29) is 17.3 Å². The second-order valence-electron chi connectivity index (χ2n) is 4.55. The minimum atomic E-state index is -0.460. The van der Waals surface area contributed by atoms with Gasteiger partial charge in [0.25, 0.3) is 5.56 Å². The highest BCUT2D eigenvalue weighted by molar-refractivity contribution is 5.69. The molecule has 1 aromatic heterocycles. The van der Waals surface area contributed by atoms with Crippen LogP contribution in [0.5, 0.6) is 0 Å². The Morgan fingerprint density at radius 1 is 1.30 bits per heavy atom. The predicted octanol–water partition coefficient (Wildman–Crippen LogP) is 0.253. The molecule has 7 heteroatoms. The maximum atomic E-state index is 11.8. The van der Waals surface area contributed by atoms with Gasteiger partial charge < -0.3 is 15.0 Å². The number of aromatic nitrogens is 2. The topological polar surface area (TPSA) is 96.3 Å². The maximum absolute atomic E-state index is 11.8. The van der Waals surface area contributed by atoms with Crippen LogP contribution < -0.4 is 17.0 Å². The SMILES string of the molecule is CCOC(=O)CCCCCn1c(=O)c(N)cn(C)c1=O. The Morgan fingerprint density at radius 3 is 2.65 bits per heavy atom. The fourth-order valence-corrected chi connectivity index (χ4v) is 1.90. The fourth-order valence-electron chi connectivity index (χ4n) is 1.90. The third-order valence-corrected chi connectivity index (χ3v) is 2.93. The monoisotopic (exact) mass is 283 g/mol. The number of anilines is 1. The summed E-state index contributed by atoms with van der Waals surface area (Å²) >= 11 is 0. The maximum Gasteiger partial charge on any atom is 0.330 e. The molecule has 2 N–H and O–H groups in total. The molecule has 0 unspecified atom stereocenters. The van der Waals surface area contributed by atoms with Crippen molar-refractivity contribution >= 4 is 11.7 Å². The number of nitrogens with two attached hydrogens (primary N) is 1. The summed E-state index contributed by atoms with van der Waals surface area (Å²) in [6.07, 6.45) is 3.73. The summed E-state index contributed by atoms with van der Waals surface area (Å²) in [7, 11) is 1.55. The third-order valence-electron chi connectivity index (χ3n) is 2.93. The minimum absolute atomic E-state index is 0.0543. The lowest BCUT2D eigenvalue weighted by Crippen LogP contribution is -2.39. The van der Waals surface area contributed by atoms with Gasteiger partial charge in [-0.2, -0.15) is 0 Å². The van der Waals surface area contributed by atoms with Gasteiger partial charge in [0.05, 0.1) is 6.61 Å². The van der Waals surface area contributed by atoms with Crippen molar-refractivity contribution in [2.45, 2.75) is 39.2 Å². The molecule has 112 valence electrons. The molecular weight excluding hydrogens is 262 g/mol. The molecule has 0 saturated heterocycles. The summed E-state index contributed by atoms with van der Waals surface area (Å²) in [5.74, 6) is -0.218. The van der Waals surface area contributed by atoms with E-state index in [1.807, 2.05) is 0 Å². The van der Waals surface area contributed by atoms with Gasteiger partial charge in [-0.25, -0.2) is 4.79 Å². The summed E-state index contributed by atoms with van der Waals surface area (Å²) < 4.78 is 7.22. The Labute approximate surface area is 117 Å². The average Bonchev–Trinajstić information content (AvgIpc) is 2.40. The van der Waals surface area contributed by atoms with Crippen molar-refractivity contribution in [1.29, 1.82) is 0 Å². The second-order valence-corrected chi connectivity index (χ2v) is 4.55. The number of carbonyl (C=O) groups excluding carboxylic acids is 1. The van der Waals surface area contributed by atoms with E-state index in [2.05, 4.69) is 0 Å². The zero-order valence-corrected chi connectivity index (χ0v) is 11.9. The second kappa shape index (κ2) is 7.52. The number of aryl methyl sites for hydroxylation is 1.